The Kier molecular flexibility index (Phi) is 6.49. The summed E-state index contributed by atoms with van der Waals surface area (Å²) >= 11 is 0. The molecule has 4 rings (SSSR count). The van der Waals surface area contributed by atoms with Crippen LogP contribution in [0.2, 0.25) is 0 Å². The average molecular weight is 436 g/mol. The number of ether oxygens (including phenoxy) is 1. The fourth-order valence-electron chi connectivity index (χ4n) is 3.58. The van der Waals surface area contributed by atoms with E-state index in [0.29, 0.717) is 18.9 Å². The van der Waals surface area contributed by atoms with Crippen LogP contribution in [0.3, 0.4) is 0 Å². The number of amides is 1. The van der Waals surface area contributed by atoms with E-state index in [4.69, 9.17) is 10.5 Å². The molecule has 1 saturated carbocycles. The number of methoxy groups -OCH3 is 1. The number of nitrogens with two attached hydrogens (primary N) is 1. The molecule has 0 saturated heterocycles. The summed E-state index contributed by atoms with van der Waals surface area (Å²) in [6, 6.07) is 15.5. The molecule has 0 unspecified atom stereocenters. The van der Waals surface area contributed by atoms with Gasteiger partial charge < -0.3 is 20.7 Å². The summed E-state index contributed by atoms with van der Waals surface area (Å²) in [6.07, 6.45) is 3.60. The fraction of sp³-hybridized carbons (Fsp3) is 0.292. The van der Waals surface area contributed by atoms with Gasteiger partial charge in [-0.1, -0.05) is 36.4 Å². The third kappa shape index (κ3) is 5.32. The lowest BCUT2D eigenvalue weighted by Crippen LogP contribution is -2.27. The van der Waals surface area contributed by atoms with Crippen molar-refractivity contribution >= 4 is 17.5 Å². The zero-order chi connectivity index (χ0) is 22.5. The molecule has 0 aliphatic heterocycles. The predicted molar refractivity (Wildman–Crippen MR) is 121 cm³/mol. The molecule has 1 aliphatic carbocycles. The highest BCUT2D eigenvalue weighted by Crippen LogP contribution is 2.35. The Hall–Kier alpha value is -3.68. The topological polar surface area (TPSA) is 93.4 Å². The molecule has 0 atom stereocenters. The van der Waals surface area contributed by atoms with Gasteiger partial charge in [0, 0.05) is 19.1 Å². The van der Waals surface area contributed by atoms with Gasteiger partial charge in [-0.3, -0.25) is 4.79 Å². The van der Waals surface area contributed by atoms with Crippen LogP contribution in [0.25, 0.3) is 0 Å². The number of carbonyl (C=O) groups is 1. The van der Waals surface area contributed by atoms with E-state index < -0.39 is 5.82 Å². The van der Waals surface area contributed by atoms with Crippen molar-refractivity contribution in [2.75, 3.05) is 17.3 Å². The van der Waals surface area contributed by atoms with E-state index >= 15 is 4.39 Å². The molecule has 1 heterocycles. The highest BCUT2D eigenvalue weighted by Gasteiger charge is 2.32. The zero-order valence-electron chi connectivity index (χ0n) is 17.9. The molecular formula is C24H26FN5O2. The predicted octanol–water partition coefficient (Wildman–Crippen LogP) is 3.43. The number of hydrogen-bond donors (Lipinski definition) is 2. The Morgan fingerprint density at radius 2 is 1.91 bits per heavy atom. The van der Waals surface area contributed by atoms with E-state index in [1.165, 1.54) is 6.33 Å². The largest absolute Gasteiger partial charge is 0.497 e. The summed E-state index contributed by atoms with van der Waals surface area (Å²) in [7, 11) is 1.63. The first-order chi connectivity index (χ1) is 15.5. The van der Waals surface area contributed by atoms with Crippen LogP contribution in [0.5, 0.6) is 5.75 Å². The van der Waals surface area contributed by atoms with Crippen molar-refractivity contribution in [1.82, 2.24) is 9.97 Å². The molecule has 1 aliphatic rings. The maximum Gasteiger partial charge on any atom is 0.221 e. The van der Waals surface area contributed by atoms with E-state index in [-0.39, 0.29) is 24.2 Å². The molecule has 1 amide bonds. The van der Waals surface area contributed by atoms with Gasteiger partial charge in [-0.05, 0) is 41.7 Å². The van der Waals surface area contributed by atoms with Gasteiger partial charge in [0.05, 0.1) is 13.5 Å². The molecule has 0 bridgehead atoms. The van der Waals surface area contributed by atoms with Crippen molar-refractivity contribution in [3.63, 3.8) is 0 Å². The minimum atomic E-state index is -0.465. The summed E-state index contributed by atoms with van der Waals surface area (Å²) in [5.74, 6) is 0.385. The third-order valence-electron chi connectivity index (χ3n) is 5.38. The molecule has 1 fully saturated rings. The van der Waals surface area contributed by atoms with E-state index in [2.05, 4.69) is 15.3 Å². The number of halogens is 1. The van der Waals surface area contributed by atoms with Crippen molar-refractivity contribution in [2.24, 2.45) is 5.73 Å². The number of nitrogens with one attached hydrogen (secondary N) is 1. The fourth-order valence-corrected chi connectivity index (χ4v) is 3.58. The summed E-state index contributed by atoms with van der Waals surface area (Å²) in [6.45, 7) is 0.931. The Morgan fingerprint density at radius 3 is 2.59 bits per heavy atom. The van der Waals surface area contributed by atoms with Crippen LogP contribution in [0.4, 0.5) is 16.0 Å². The van der Waals surface area contributed by atoms with Gasteiger partial charge >= 0.3 is 0 Å². The molecule has 3 N–H and O–H groups in total. The second-order valence-corrected chi connectivity index (χ2v) is 7.88. The first kappa shape index (κ1) is 21.5. The molecule has 0 spiro atoms. The lowest BCUT2D eigenvalue weighted by Gasteiger charge is -2.24. The maximum absolute atomic E-state index is 15.4. The van der Waals surface area contributed by atoms with E-state index in [1.54, 1.807) is 7.11 Å². The minimum Gasteiger partial charge on any atom is -0.497 e. The van der Waals surface area contributed by atoms with Gasteiger partial charge in [-0.2, -0.15) is 4.39 Å². The van der Waals surface area contributed by atoms with Gasteiger partial charge in [-0.15, -0.1) is 0 Å². The van der Waals surface area contributed by atoms with Crippen molar-refractivity contribution < 1.29 is 13.9 Å². The number of carbonyl (C=O) groups excluding carboxylic acids is 1. The normalized spacial score (nSPS) is 12.9. The first-order valence-corrected chi connectivity index (χ1v) is 10.5. The Balaban J connectivity index is 1.48. The number of benzene rings is 2. The van der Waals surface area contributed by atoms with Crippen LogP contribution >= 0.6 is 0 Å². The Morgan fingerprint density at radius 1 is 1.16 bits per heavy atom. The van der Waals surface area contributed by atoms with E-state index in [9.17, 15) is 4.79 Å². The summed E-state index contributed by atoms with van der Waals surface area (Å²) in [5, 5.41) is 3.06. The van der Waals surface area contributed by atoms with Crippen LogP contribution in [0.1, 0.15) is 29.5 Å². The zero-order valence-corrected chi connectivity index (χ0v) is 17.9. The van der Waals surface area contributed by atoms with Crippen LogP contribution in [-0.4, -0.2) is 29.0 Å². The average Bonchev–Trinajstić information content (AvgIpc) is 3.63. The smallest absolute Gasteiger partial charge is 0.221 e. The highest BCUT2D eigenvalue weighted by atomic mass is 19.1. The Bertz CT molecular complexity index is 1090. The lowest BCUT2D eigenvalue weighted by molar-refractivity contribution is -0.117. The highest BCUT2D eigenvalue weighted by molar-refractivity contribution is 5.76. The molecular weight excluding hydrogens is 409 g/mol. The van der Waals surface area contributed by atoms with Gasteiger partial charge in [0.25, 0.3) is 0 Å². The van der Waals surface area contributed by atoms with Crippen molar-refractivity contribution in [3.05, 3.63) is 77.4 Å². The molecule has 32 heavy (non-hydrogen) atoms. The first-order valence-electron chi connectivity index (χ1n) is 10.5. The van der Waals surface area contributed by atoms with Gasteiger partial charge in [0.1, 0.15) is 12.1 Å². The van der Waals surface area contributed by atoms with Crippen LogP contribution in [0.15, 0.2) is 54.9 Å². The molecule has 2 aromatic carbocycles. The second-order valence-electron chi connectivity index (χ2n) is 7.88. The molecule has 3 aromatic rings. The SMILES string of the molecule is COc1cccc(CN(c2ncnc(NCc3ccc(CC(N)=O)cc3)c2F)C2CC2)c1. The van der Waals surface area contributed by atoms with Gasteiger partial charge in [-0.25, -0.2) is 9.97 Å². The quantitative estimate of drug-likeness (QED) is 0.507. The van der Waals surface area contributed by atoms with Crippen LogP contribution < -0.4 is 20.7 Å². The van der Waals surface area contributed by atoms with E-state index in [1.807, 2.05) is 53.4 Å². The second kappa shape index (κ2) is 9.64. The van der Waals surface area contributed by atoms with Crippen molar-refractivity contribution in [3.8, 4) is 5.75 Å². The monoisotopic (exact) mass is 435 g/mol. The number of aromatic nitrogens is 2. The number of rotatable bonds is 10. The van der Waals surface area contributed by atoms with E-state index in [0.717, 1.165) is 35.3 Å². The van der Waals surface area contributed by atoms with Crippen LogP contribution in [-0.2, 0) is 24.3 Å². The number of nitrogens with zero attached hydrogens (tertiary/aromatic N) is 3. The number of primary amides is 1. The molecule has 166 valence electrons. The molecule has 1 aromatic heterocycles. The van der Waals surface area contributed by atoms with Gasteiger partial charge in [0.15, 0.2) is 11.6 Å². The van der Waals surface area contributed by atoms with Crippen molar-refractivity contribution in [2.45, 2.75) is 38.4 Å². The molecule has 0 radical (unpaired) electrons. The standard InChI is InChI=1S/C24H26FN5O2/c1-32-20-4-2-3-18(11-20)14-30(19-9-10-19)24-22(25)23(28-15-29-24)27-13-17-7-5-16(6-8-17)12-21(26)31/h2-8,11,15,19H,9-10,12-14H2,1H3,(H2,26,31)(H,27,28,29). The maximum atomic E-state index is 15.4. The Labute approximate surface area is 186 Å². The third-order valence-corrected chi connectivity index (χ3v) is 5.38. The summed E-state index contributed by atoms with van der Waals surface area (Å²) < 4.78 is 20.7. The molecule has 7 nitrogen and oxygen atoms in total. The summed E-state index contributed by atoms with van der Waals surface area (Å²) in [4.78, 5) is 21.4. The minimum absolute atomic E-state index is 0.160. The number of hydrogen-bond acceptors (Lipinski definition) is 6. The van der Waals surface area contributed by atoms with Crippen LogP contribution in [0, 0.1) is 5.82 Å². The number of anilines is 2. The molecule has 8 heteroatoms. The van der Waals surface area contributed by atoms with Crippen molar-refractivity contribution in [1.29, 1.82) is 0 Å². The lowest BCUT2D eigenvalue weighted by atomic mass is 10.1. The summed E-state index contributed by atoms with van der Waals surface area (Å²) in [5.41, 5.74) is 8.03. The van der Waals surface area contributed by atoms with Gasteiger partial charge in [0.2, 0.25) is 11.7 Å².